The third-order valence-corrected chi connectivity index (χ3v) is 3.28. The Labute approximate surface area is 108 Å². The van der Waals surface area contributed by atoms with Crippen LogP contribution < -0.4 is 5.73 Å². The van der Waals surface area contributed by atoms with E-state index in [1.165, 1.54) is 5.69 Å². The van der Waals surface area contributed by atoms with E-state index in [2.05, 4.69) is 30.1 Å². The zero-order chi connectivity index (χ0) is 13.3. The van der Waals surface area contributed by atoms with Gasteiger partial charge in [0.05, 0.1) is 11.4 Å². The van der Waals surface area contributed by atoms with E-state index in [0.717, 1.165) is 35.6 Å². The average Bonchev–Trinajstić information content (AvgIpc) is 2.88. The molecule has 5 heteroatoms. The van der Waals surface area contributed by atoms with Crippen molar-refractivity contribution in [2.75, 3.05) is 0 Å². The van der Waals surface area contributed by atoms with Crippen LogP contribution in [-0.2, 0) is 26.4 Å². The van der Waals surface area contributed by atoms with Crippen LogP contribution in [0.4, 0.5) is 0 Å². The highest BCUT2D eigenvalue weighted by Gasteiger charge is 2.17. The van der Waals surface area contributed by atoms with Gasteiger partial charge < -0.3 is 5.73 Å². The molecule has 0 aromatic carbocycles. The summed E-state index contributed by atoms with van der Waals surface area (Å²) in [7, 11) is 1.94. The average molecular weight is 247 g/mol. The van der Waals surface area contributed by atoms with Gasteiger partial charge in [0.2, 0.25) is 0 Å². The number of nitrogens with zero attached hydrogens (tertiary/aromatic N) is 4. The fraction of sp³-hybridized carbons (Fsp3) is 0.538. The Morgan fingerprint density at radius 2 is 1.94 bits per heavy atom. The lowest BCUT2D eigenvalue weighted by molar-refractivity contribution is 0.669. The molecule has 0 aliphatic heterocycles. The Morgan fingerprint density at radius 3 is 2.50 bits per heavy atom. The number of rotatable bonds is 4. The third kappa shape index (κ3) is 1.95. The van der Waals surface area contributed by atoms with E-state index in [4.69, 9.17) is 5.73 Å². The molecule has 18 heavy (non-hydrogen) atoms. The van der Waals surface area contributed by atoms with Gasteiger partial charge in [-0.15, -0.1) is 0 Å². The minimum absolute atomic E-state index is 0.486. The highest BCUT2D eigenvalue weighted by Crippen LogP contribution is 2.20. The van der Waals surface area contributed by atoms with Crippen LogP contribution in [0.25, 0.3) is 5.82 Å². The first-order valence-electron chi connectivity index (χ1n) is 6.43. The Morgan fingerprint density at radius 1 is 1.22 bits per heavy atom. The summed E-state index contributed by atoms with van der Waals surface area (Å²) in [6, 6.07) is 2.16. The highest BCUT2D eigenvalue weighted by molar-refractivity contribution is 5.39. The van der Waals surface area contributed by atoms with Crippen LogP contribution >= 0.6 is 0 Å². The van der Waals surface area contributed by atoms with Crippen molar-refractivity contribution < 1.29 is 0 Å². The summed E-state index contributed by atoms with van der Waals surface area (Å²) < 4.78 is 3.85. The van der Waals surface area contributed by atoms with E-state index < -0.39 is 0 Å². The van der Waals surface area contributed by atoms with Crippen LogP contribution in [0.3, 0.4) is 0 Å². The summed E-state index contributed by atoms with van der Waals surface area (Å²) >= 11 is 0. The molecule has 2 heterocycles. The van der Waals surface area contributed by atoms with Crippen molar-refractivity contribution in [2.24, 2.45) is 12.8 Å². The Kier molecular flexibility index (Phi) is 3.52. The van der Waals surface area contributed by atoms with Crippen LogP contribution in [0.15, 0.2) is 6.07 Å². The van der Waals surface area contributed by atoms with Gasteiger partial charge in [-0.05, 0) is 25.8 Å². The summed E-state index contributed by atoms with van der Waals surface area (Å²) in [6.45, 7) is 6.73. The molecule has 2 aromatic heterocycles. The maximum Gasteiger partial charge on any atom is 0.156 e. The molecule has 0 aliphatic rings. The Hall–Kier alpha value is -1.62. The van der Waals surface area contributed by atoms with Crippen LogP contribution in [-0.4, -0.2) is 19.6 Å². The first-order chi connectivity index (χ1) is 8.62. The van der Waals surface area contributed by atoms with Gasteiger partial charge in [0, 0.05) is 24.8 Å². The molecule has 0 saturated heterocycles. The first-order valence-corrected chi connectivity index (χ1v) is 6.43. The van der Waals surface area contributed by atoms with Gasteiger partial charge in [-0.1, -0.05) is 13.8 Å². The predicted octanol–water partition coefficient (Wildman–Crippen LogP) is 1.50. The first kappa shape index (κ1) is 12.8. The number of aryl methyl sites for hydroxylation is 4. The van der Waals surface area contributed by atoms with Crippen molar-refractivity contribution in [2.45, 2.75) is 40.2 Å². The minimum Gasteiger partial charge on any atom is -0.326 e. The zero-order valence-corrected chi connectivity index (χ0v) is 11.6. The summed E-state index contributed by atoms with van der Waals surface area (Å²) in [5.74, 6) is 0.992. The smallest absolute Gasteiger partial charge is 0.156 e. The molecular weight excluding hydrogens is 226 g/mol. The summed E-state index contributed by atoms with van der Waals surface area (Å²) in [5, 5.41) is 9.10. The molecule has 0 unspecified atom stereocenters. The van der Waals surface area contributed by atoms with Crippen LogP contribution in [0.5, 0.6) is 0 Å². The van der Waals surface area contributed by atoms with Gasteiger partial charge in [-0.2, -0.15) is 10.2 Å². The van der Waals surface area contributed by atoms with Gasteiger partial charge >= 0.3 is 0 Å². The quantitative estimate of drug-likeness (QED) is 0.890. The van der Waals surface area contributed by atoms with Crippen molar-refractivity contribution in [1.29, 1.82) is 0 Å². The summed E-state index contributed by atoms with van der Waals surface area (Å²) in [6.07, 6.45) is 1.88. The second-order valence-electron chi connectivity index (χ2n) is 4.46. The van der Waals surface area contributed by atoms with Crippen LogP contribution in [0.2, 0.25) is 0 Å². The minimum atomic E-state index is 0.486. The molecule has 2 aromatic rings. The zero-order valence-electron chi connectivity index (χ0n) is 11.6. The van der Waals surface area contributed by atoms with Gasteiger partial charge in [0.15, 0.2) is 5.82 Å². The Bertz CT molecular complexity index is 550. The van der Waals surface area contributed by atoms with Crippen molar-refractivity contribution in [1.82, 2.24) is 19.6 Å². The van der Waals surface area contributed by atoms with Crippen LogP contribution in [0, 0.1) is 6.92 Å². The van der Waals surface area contributed by atoms with Crippen molar-refractivity contribution >= 4 is 0 Å². The van der Waals surface area contributed by atoms with Gasteiger partial charge in [0.1, 0.15) is 0 Å². The van der Waals surface area contributed by atoms with Gasteiger partial charge in [-0.25, -0.2) is 4.68 Å². The largest absolute Gasteiger partial charge is 0.326 e. The molecule has 0 radical (unpaired) electrons. The monoisotopic (exact) mass is 247 g/mol. The van der Waals surface area contributed by atoms with Crippen molar-refractivity contribution in [3.8, 4) is 5.82 Å². The lowest BCUT2D eigenvalue weighted by atomic mass is 10.2. The SMILES string of the molecule is CCc1cc(CC)n(-c2c(CN)c(C)nn2C)n1. The molecule has 2 N–H and O–H groups in total. The highest BCUT2D eigenvalue weighted by atomic mass is 15.4. The molecule has 5 nitrogen and oxygen atoms in total. The number of hydrogen-bond donors (Lipinski definition) is 1. The maximum atomic E-state index is 5.84. The number of nitrogens with two attached hydrogens (primary N) is 1. The second-order valence-corrected chi connectivity index (χ2v) is 4.46. The molecular formula is C13H21N5. The number of aromatic nitrogens is 4. The standard InChI is InChI=1S/C13H21N5/c1-5-10-7-11(6-2)18(16-10)13-12(8-14)9(3)15-17(13)4/h7H,5-6,8,14H2,1-4H3. The molecule has 0 saturated carbocycles. The van der Waals surface area contributed by atoms with Crippen molar-refractivity contribution in [3.05, 3.63) is 28.7 Å². The lowest BCUT2D eigenvalue weighted by Gasteiger charge is -2.08. The predicted molar refractivity (Wildman–Crippen MR) is 71.7 cm³/mol. The second kappa shape index (κ2) is 4.94. The molecule has 98 valence electrons. The van der Waals surface area contributed by atoms with E-state index in [0.29, 0.717) is 6.54 Å². The molecule has 0 amide bonds. The fourth-order valence-corrected chi connectivity index (χ4v) is 2.28. The van der Waals surface area contributed by atoms with E-state index in [1.54, 1.807) is 0 Å². The van der Waals surface area contributed by atoms with Gasteiger partial charge in [-0.3, -0.25) is 4.68 Å². The Balaban J connectivity index is 2.64. The molecule has 2 rings (SSSR count). The molecule has 0 fully saturated rings. The molecule has 0 aliphatic carbocycles. The third-order valence-electron chi connectivity index (χ3n) is 3.28. The number of hydrogen-bond acceptors (Lipinski definition) is 3. The van der Waals surface area contributed by atoms with Gasteiger partial charge in [0.25, 0.3) is 0 Å². The maximum absolute atomic E-state index is 5.84. The van der Waals surface area contributed by atoms with E-state index >= 15 is 0 Å². The molecule has 0 spiro atoms. The summed E-state index contributed by atoms with van der Waals surface area (Å²) in [4.78, 5) is 0. The van der Waals surface area contributed by atoms with E-state index in [1.807, 2.05) is 23.3 Å². The van der Waals surface area contributed by atoms with Crippen LogP contribution in [0.1, 0.15) is 36.5 Å². The lowest BCUT2D eigenvalue weighted by Crippen LogP contribution is -2.11. The molecule has 0 bridgehead atoms. The van der Waals surface area contributed by atoms with Crippen molar-refractivity contribution in [3.63, 3.8) is 0 Å². The van der Waals surface area contributed by atoms with E-state index in [-0.39, 0.29) is 0 Å². The van der Waals surface area contributed by atoms with E-state index in [9.17, 15) is 0 Å². The molecule has 0 atom stereocenters. The topological polar surface area (TPSA) is 61.7 Å². The summed E-state index contributed by atoms with van der Waals surface area (Å²) in [5.41, 5.74) is 10.2. The normalized spacial score (nSPS) is 11.2. The fourth-order valence-electron chi connectivity index (χ4n) is 2.28.